The molecule has 5 nitrogen and oxygen atoms in total. The second kappa shape index (κ2) is 7.80. The minimum Gasteiger partial charge on any atom is -0.348 e. The van der Waals surface area contributed by atoms with Gasteiger partial charge in [-0.15, -0.1) is 0 Å². The molecule has 0 aromatic rings. The summed E-state index contributed by atoms with van der Waals surface area (Å²) in [7, 11) is 0. The quantitative estimate of drug-likeness (QED) is 0.740. The van der Waals surface area contributed by atoms with Crippen LogP contribution < -0.4 is 10.6 Å². The highest BCUT2D eigenvalue weighted by molar-refractivity contribution is 5.73. The zero-order valence-electron chi connectivity index (χ0n) is 13.2. The van der Waals surface area contributed by atoms with Crippen molar-refractivity contribution in [2.45, 2.75) is 45.3 Å². The Labute approximate surface area is 127 Å². The van der Waals surface area contributed by atoms with Crippen LogP contribution in [0.25, 0.3) is 0 Å². The highest BCUT2D eigenvalue weighted by Crippen LogP contribution is 2.26. The minimum atomic E-state index is -0.480. The van der Waals surface area contributed by atoms with E-state index in [1.54, 1.807) is 0 Å². The molecule has 0 spiro atoms. The zero-order valence-corrected chi connectivity index (χ0v) is 13.2. The topological polar surface area (TPSA) is 59.6 Å². The molecule has 1 saturated heterocycles. The van der Waals surface area contributed by atoms with Gasteiger partial charge in [-0.1, -0.05) is 19.1 Å². The number of carbonyl (C=O) groups excluding carboxylic acids is 1. The van der Waals surface area contributed by atoms with Gasteiger partial charge in [-0.3, -0.25) is 0 Å². The molecular formula is C16H28N2O3. The number of rotatable bonds is 6. The van der Waals surface area contributed by atoms with E-state index in [2.05, 4.69) is 29.7 Å². The summed E-state index contributed by atoms with van der Waals surface area (Å²) in [5, 5.41) is 5.90. The van der Waals surface area contributed by atoms with Gasteiger partial charge in [-0.25, -0.2) is 4.79 Å². The fourth-order valence-electron chi connectivity index (χ4n) is 2.99. The molecule has 2 aliphatic rings. The summed E-state index contributed by atoms with van der Waals surface area (Å²) in [5.74, 6) is 0.417. The van der Waals surface area contributed by atoms with E-state index in [1.807, 2.05) is 6.92 Å². The molecule has 0 aromatic heterocycles. The van der Waals surface area contributed by atoms with E-state index in [4.69, 9.17) is 9.47 Å². The monoisotopic (exact) mass is 296 g/mol. The Morgan fingerprint density at radius 1 is 1.33 bits per heavy atom. The highest BCUT2D eigenvalue weighted by Gasteiger charge is 2.32. The molecule has 0 unspecified atom stereocenters. The Kier molecular flexibility index (Phi) is 6.06. The van der Waals surface area contributed by atoms with Crippen molar-refractivity contribution in [3.8, 4) is 0 Å². The van der Waals surface area contributed by atoms with Crippen molar-refractivity contribution >= 4 is 6.03 Å². The van der Waals surface area contributed by atoms with Gasteiger partial charge in [-0.2, -0.15) is 0 Å². The average molecular weight is 296 g/mol. The van der Waals surface area contributed by atoms with Crippen molar-refractivity contribution in [1.82, 2.24) is 10.6 Å². The van der Waals surface area contributed by atoms with Crippen LogP contribution in [-0.4, -0.2) is 38.1 Å². The average Bonchev–Trinajstić information content (AvgIpc) is 2.90. The third-order valence-electron chi connectivity index (χ3n) is 4.16. The molecule has 0 aromatic carbocycles. The van der Waals surface area contributed by atoms with Crippen molar-refractivity contribution < 1.29 is 14.3 Å². The van der Waals surface area contributed by atoms with Gasteiger partial charge in [0.25, 0.3) is 0 Å². The molecule has 5 heteroatoms. The highest BCUT2D eigenvalue weighted by atomic mass is 16.7. The van der Waals surface area contributed by atoms with Crippen molar-refractivity contribution in [2.75, 3.05) is 26.3 Å². The van der Waals surface area contributed by atoms with Crippen LogP contribution in [0, 0.1) is 11.8 Å². The Balaban J connectivity index is 1.58. The molecule has 2 rings (SSSR count). The second-order valence-electron chi connectivity index (χ2n) is 6.38. The van der Waals surface area contributed by atoms with Crippen LogP contribution in [0.1, 0.15) is 39.5 Å². The number of nitrogens with one attached hydrogen (secondary N) is 2. The molecule has 0 radical (unpaired) electrons. The van der Waals surface area contributed by atoms with Crippen molar-refractivity contribution in [2.24, 2.45) is 11.8 Å². The summed E-state index contributed by atoms with van der Waals surface area (Å²) in [6.07, 6.45) is 8.58. The van der Waals surface area contributed by atoms with E-state index < -0.39 is 5.79 Å². The maximum Gasteiger partial charge on any atom is 0.314 e. The molecule has 1 fully saturated rings. The van der Waals surface area contributed by atoms with Gasteiger partial charge in [0, 0.05) is 19.5 Å². The first kappa shape index (κ1) is 16.3. The Hall–Kier alpha value is -1.07. The van der Waals surface area contributed by atoms with E-state index in [-0.39, 0.29) is 6.03 Å². The van der Waals surface area contributed by atoms with E-state index in [1.165, 1.54) is 6.42 Å². The molecule has 1 aliphatic carbocycles. The van der Waals surface area contributed by atoms with Gasteiger partial charge in [0.15, 0.2) is 5.79 Å². The van der Waals surface area contributed by atoms with Crippen molar-refractivity contribution in [1.29, 1.82) is 0 Å². The van der Waals surface area contributed by atoms with Crippen LogP contribution in [0.2, 0.25) is 0 Å². The summed E-state index contributed by atoms with van der Waals surface area (Å²) >= 11 is 0. The lowest BCUT2D eigenvalue weighted by Gasteiger charge is -2.26. The summed E-state index contributed by atoms with van der Waals surface area (Å²) in [5.41, 5.74) is 0. The number of amides is 2. The van der Waals surface area contributed by atoms with Crippen LogP contribution in [0.3, 0.4) is 0 Å². The molecule has 1 aliphatic heterocycles. The summed E-state index contributed by atoms with van der Waals surface area (Å²) in [6.45, 7) is 6.78. The lowest BCUT2D eigenvalue weighted by molar-refractivity contribution is -0.153. The molecule has 1 heterocycles. The molecule has 2 amide bonds. The van der Waals surface area contributed by atoms with Crippen molar-refractivity contribution in [3.63, 3.8) is 0 Å². The molecule has 0 saturated carbocycles. The first-order valence-electron chi connectivity index (χ1n) is 8.02. The number of ether oxygens (including phenoxy) is 2. The fourth-order valence-corrected chi connectivity index (χ4v) is 2.99. The lowest BCUT2D eigenvalue weighted by atomic mass is 9.94. The normalized spacial score (nSPS) is 25.5. The maximum atomic E-state index is 11.8. The van der Waals surface area contributed by atoms with E-state index in [9.17, 15) is 4.79 Å². The molecule has 21 heavy (non-hydrogen) atoms. The maximum absolute atomic E-state index is 11.8. The Morgan fingerprint density at radius 2 is 2.10 bits per heavy atom. The number of carbonyl (C=O) groups is 1. The predicted molar refractivity (Wildman–Crippen MR) is 82.0 cm³/mol. The standard InChI is InChI=1S/C16H28N2O3/c1-13(10-16(2)20-8-9-21-16)11-17-15(19)18-12-14-6-4-3-5-7-14/h3-4,13-14H,5-12H2,1-2H3,(H2,17,18,19)/t13-,14-/m0/s1. The van der Waals surface area contributed by atoms with Crippen LogP contribution >= 0.6 is 0 Å². The van der Waals surface area contributed by atoms with Crippen molar-refractivity contribution in [3.05, 3.63) is 12.2 Å². The summed E-state index contributed by atoms with van der Waals surface area (Å²) < 4.78 is 11.2. The predicted octanol–water partition coefficient (Wildman–Crippen LogP) is 2.43. The molecular weight excluding hydrogens is 268 g/mol. The van der Waals surface area contributed by atoms with Gasteiger partial charge in [0.2, 0.25) is 0 Å². The van der Waals surface area contributed by atoms with Crippen LogP contribution in [0.5, 0.6) is 0 Å². The molecule has 0 bridgehead atoms. The van der Waals surface area contributed by atoms with Gasteiger partial charge < -0.3 is 20.1 Å². The third kappa shape index (κ3) is 5.67. The van der Waals surface area contributed by atoms with Gasteiger partial charge >= 0.3 is 6.03 Å². The van der Waals surface area contributed by atoms with Crippen LogP contribution in [0.15, 0.2) is 12.2 Å². The number of allylic oxidation sites excluding steroid dienone is 2. The molecule has 120 valence electrons. The van der Waals surface area contributed by atoms with Gasteiger partial charge in [0.1, 0.15) is 0 Å². The smallest absolute Gasteiger partial charge is 0.314 e. The zero-order chi connectivity index (χ0) is 15.1. The number of hydrogen-bond donors (Lipinski definition) is 2. The largest absolute Gasteiger partial charge is 0.348 e. The Bertz CT molecular complexity index is 365. The molecule has 2 atom stereocenters. The fraction of sp³-hybridized carbons (Fsp3) is 0.812. The van der Waals surface area contributed by atoms with E-state index >= 15 is 0 Å². The Morgan fingerprint density at radius 3 is 2.76 bits per heavy atom. The van der Waals surface area contributed by atoms with Crippen LogP contribution in [0.4, 0.5) is 4.79 Å². The summed E-state index contributed by atoms with van der Waals surface area (Å²) in [6, 6.07) is -0.0742. The third-order valence-corrected chi connectivity index (χ3v) is 4.16. The lowest BCUT2D eigenvalue weighted by Crippen LogP contribution is -2.41. The van der Waals surface area contributed by atoms with E-state index in [0.717, 1.165) is 25.8 Å². The SMILES string of the molecule is C[C@H](CNC(=O)NC[C@H]1CC=CCC1)CC1(C)OCCO1. The first-order valence-corrected chi connectivity index (χ1v) is 8.02. The number of hydrogen-bond acceptors (Lipinski definition) is 3. The van der Waals surface area contributed by atoms with Gasteiger partial charge in [0.05, 0.1) is 13.2 Å². The second-order valence-corrected chi connectivity index (χ2v) is 6.38. The van der Waals surface area contributed by atoms with Gasteiger partial charge in [-0.05, 0) is 38.0 Å². The molecule has 2 N–H and O–H groups in total. The van der Waals surface area contributed by atoms with Crippen LogP contribution in [-0.2, 0) is 9.47 Å². The summed E-state index contributed by atoms with van der Waals surface area (Å²) in [4.78, 5) is 11.8. The first-order chi connectivity index (χ1) is 10.1. The van der Waals surface area contributed by atoms with E-state index in [0.29, 0.717) is 31.6 Å². The number of urea groups is 1. The minimum absolute atomic E-state index is 0.0742.